The van der Waals surface area contributed by atoms with Gasteiger partial charge in [0.15, 0.2) is 0 Å². The van der Waals surface area contributed by atoms with Crippen molar-refractivity contribution in [1.82, 2.24) is 9.91 Å². The maximum absolute atomic E-state index is 13.3. The van der Waals surface area contributed by atoms with Gasteiger partial charge in [-0.3, -0.25) is 24.3 Å². The van der Waals surface area contributed by atoms with Gasteiger partial charge in [0, 0.05) is 0 Å². The summed E-state index contributed by atoms with van der Waals surface area (Å²) in [5.74, 6) is -1.30. The molecule has 0 aromatic heterocycles. The lowest BCUT2D eigenvalue weighted by Crippen LogP contribution is -2.55. The summed E-state index contributed by atoms with van der Waals surface area (Å²) < 4.78 is 0. The van der Waals surface area contributed by atoms with E-state index >= 15 is 0 Å². The minimum atomic E-state index is -0.805. The van der Waals surface area contributed by atoms with Crippen LogP contribution in [0.2, 0.25) is 0 Å². The Morgan fingerprint density at radius 2 is 1.61 bits per heavy atom. The molecule has 6 heteroatoms. The van der Waals surface area contributed by atoms with E-state index in [0.717, 1.165) is 16.8 Å². The van der Waals surface area contributed by atoms with Crippen LogP contribution in [0.4, 0.5) is 5.69 Å². The van der Waals surface area contributed by atoms with Gasteiger partial charge in [-0.05, 0) is 31.0 Å². The first-order valence-electron chi connectivity index (χ1n) is 9.49. The molecule has 2 aromatic rings. The average molecular weight is 375 g/mol. The van der Waals surface area contributed by atoms with Gasteiger partial charge >= 0.3 is 0 Å². The third kappa shape index (κ3) is 2.17. The van der Waals surface area contributed by atoms with Gasteiger partial charge in [-0.25, -0.2) is 5.01 Å². The number of hydrogen-bond acceptors (Lipinski definition) is 4. The van der Waals surface area contributed by atoms with Gasteiger partial charge in [0.05, 0.1) is 30.1 Å². The van der Waals surface area contributed by atoms with Gasteiger partial charge in [0.1, 0.15) is 6.04 Å². The molecule has 3 heterocycles. The molecule has 0 bridgehead atoms. The number of benzene rings is 2. The molecule has 3 amide bonds. The van der Waals surface area contributed by atoms with E-state index in [2.05, 4.69) is 0 Å². The van der Waals surface area contributed by atoms with E-state index in [1.165, 1.54) is 9.91 Å². The molecule has 0 spiro atoms. The maximum atomic E-state index is 13.3. The number of imide groups is 1. The van der Waals surface area contributed by atoms with E-state index in [1.54, 1.807) is 0 Å². The minimum absolute atomic E-state index is 0.111. The molecular weight excluding hydrogens is 354 g/mol. The van der Waals surface area contributed by atoms with Crippen molar-refractivity contribution < 1.29 is 14.4 Å². The highest BCUT2D eigenvalue weighted by molar-refractivity contribution is 6.13. The SMILES string of the molecule is CC1(C)CN2c3ccccc3C3C(=O)N(Cc4ccccc4)C(=O)C3N2C1=O. The van der Waals surface area contributed by atoms with Crippen molar-refractivity contribution in [3.63, 3.8) is 0 Å². The quantitative estimate of drug-likeness (QED) is 0.756. The molecular formula is C22H21N3O3. The molecule has 142 valence electrons. The van der Waals surface area contributed by atoms with Crippen molar-refractivity contribution >= 4 is 23.4 Å². The fourth-order valence-electron chi connectivity index (χ4n) is 4.59. The number of amides is 3. The summed E-state index contributed by atoms with van der Waals surface area (Å²) in [6, 6.07) is 16.3. The van der Waals surface area contributed by atoms with Crippen LogP contribution in [-0.2, 0) is 20.9 Å². The van der Waals surface area contributed by atoms with Crippen LogP contribution < -0.4 is 5.01 Å². The van der Waals surface area contributed by atoms with Crippen LogP contribution in [0.15, 0.2) is 54.6 Å². The number of carbonyl (C=O) groups is 3. The lowest BCUT2D eigenvalue weighted by atomic mass is 9.89. The van der Waals surface area contributed by atoms with Gasteiger partial charge in [-0.1, -0.05) is 48.5 Å². The lowest BCUT2D eigenvalue weighted by molar-refractivity contribution is -0.145. The molecule has 5 rings (SSSR count). The summed E-state index contributed by atoms with van der Waals surface area (Å²) in [6.07, 6.45) is 0. The number of hydrogen-bond donors (Lipinski definition) is 0. The highest BCUT2D eigenvalue weighted by atomic mass is 16.2. The summed E-state index contributed by atoms with van der Waals surface area (Å²) >= 11 is 0. The van der Waals surface area contributed by atoms with Gasteiger partial charge in [-0.15, -0.1) is 0 Å². The molecule has 0 radical (unpaired) electrons. The third-order valence-electron chi connectivity index (χ3n) is 5.96. The van der Waals surface area contributed by atoms with Crippen LogP contribution in [0.1, 0.15) is 30.9 Å². The number of rotatable bonds is 2. The predicted molar refractivity (Wildman–Crippen MR) is 103 cm³/mol. The molecule has 2 atom stereocenters. The van der Waals surface area contributed by atoms with Crippen molar-refractivity contribution in [2.45, 2.75) is 32.4 Å². The third-order valence-corrected chi connectivity index (χ3v) is 5.96. The maximum Gasteiger partial charge on any atom is 0.255 e. The van der Waals surface area contributed by atoms with E-state index in [9.17, 15) is 14.4 Å². The first kappa shape index (κ1) is 17.0. The molecule has 28 heavy (non-hydrogen) atoms. The Bertz CT molecular complexity index is 1000. The Balaban J connectivity index is 1.62. The van der Waals surface area contributed by atoms with Crippen LogP contribution in [0.3, 0.4) is 0 Å². The standard InChI is InChI=1S/C22H21N3O3/c1-22(2)13-24-16-11-7-6-10-15(16)17-18(25(24)21(22)28)20(27)23(19(17)26)12-14-8-4-3-5-9-14/h3-11,17-18H,12-13H2,1-2H3. The molecule has 0 N–H and O–H groups in total. The zero-order valence-electron chi connectivity index (χ0n) is 15.8. The second kappa shape index (κ2) is 5.67. The Hall–Kier alpha value is -3.15. The average Bonchev–Trinajstić information content (AvgIpc) is 3.08. The van der Waals surface area contributed by atoms with E-state index in [1.807, 2.05) is 73.5 Å². The molecule has 2 unspecified atom stereocenters. The van der Waals surface area contributed by atoms with Crippen molar-refractivity contribution in [2.75, 3.05) is 11.6 Å². The van der Waals surface area contributed by atoms with E-state index in [-0.39, 0.29) is 24.3 Å². The topological polar surface area (TPSA) is 60.9 Å². The predicted octanol–water partition coefficient (Wildman–Crippen LogP) is 2.31. The van der Waals surface area contributed by atoms with Gasteiger partial charge in [0.25, 0.3) is 5.91 Å². The number of likely N-dealkylation sites (tertiary alicyclic amines) is 1. The number of fused-ring (bicyclic) bond motifs is 6. The van der Waals surface area contributed by atoms with E-state index < -0.39 is 17.4 Å². The molecule has 3 aliphatic heterocycles. The summed E-state index contributed by atoms with van der Waals surface area (Å²) in [7, 11) is 0. The Labute approximate surface area is 163 Å². The van der Waals surface area contributed by atoms with E-state index in [0.29, 0.717) is 6.54 Å². The monoisotopic (exact) mass is 375 g/mol. The zero-order chi connectivity index (χ0) is 19.6. The van der Waals surface area contributed by atoms with Crippen LogP contribution in [0.25, 0.3) is 0 Å². The largest absolute Gasteiger partial charge is 0.281 e. The van der Waals surface area contributed by atoms with Crippen LogP contribution >= 0.6 is 0 Å². The summed E-state index contributed by atoms with van der Waals surface area (Å²) in [5.41, 5.74) is 1.94. The van der Waals surface area contributed by atoms with E-state index in [4.69, 9.17) is 0 Å². The molecule has 2 fully saturated rings. The molecule has 0 aliphatic carbocycles. The number of nitrogens with zero attached hydrogens (tertiary/aromatic N) is 3. The molecule has 2 saturated heterocycles. The van der Waals surface area contributed by atoms with Crippen molar-refractivity contribution in [3.8, 4) is 0 Å². The van der Waals surface area contributed by atoms with Gasteiger partial charge < -0.3 is 0 Å². The molecule has 2 aromatic carbocycles. The zero-order valence-corrected chi connectivity index (χ0v) is 15.8. The first-order valence-corrected chi connectivity index (χ1v) is 9.49. The summed E-state index contributed by atoms with van der Waals surface area (Å²) in [6.45, 7) is 4.48. The number of anilines is 1. The Kier molecular flexibility index (Phi) is 3.44. The second-order valence-corrected chi connectivity index (χ2v) is 8.32. The van der Waals surface area contributed by atoms with Crippen LogP contribution in [-0.4, -0.2) is 40.2 Å². The van der Waals surface area contributed by atoms with Crippen LogP contribution in [0, 0.1) is 5.41 Å². The van der Waals surface area contributed by atoms with Crippen molar-refractivity contribution in [3.05, 3.63) is 65.7 Å². The fraction of sp³-hybridized carbons (Fsp3) is 0.318. The Morgan fingerprint density at radius 3 is 2.36 bits per heavy atom. The lowest BCUT2D eigenvalue weighted by Gasteiger charge is -2.41. The second-order valence-electron chi connectivity index (χ2n) is 8.32. The molecule has 3 aliphatic rings. The highest BCUT2D eigenvalue weighted by Crippen LogP contribution is 2.48. The molecule has 0 saturated carbocycles. The highest BCUT2D eigenvalue weighted by Gasteiger charge is 2.61. The smallest absolute Gasteiger partial charge is 0.255 e. The summed E-state index contributed by atoms with van der Waals surface area (Å²) in [5, 5.41) is 3.42. The van der Waals surface area contributed by atoms with Gasteiger partial charge in [0.2, 0.25) is 11.8 Å². The number of hydrazine groups is 1. The molecule has 6 nitrogen and oxygen atoms in total. The van der Waals surface area contributed by atoms with Gasteiger partial charge in [-0.2, -0.15) is 0 Å². The minimum Gasteiger partial charge on any atom is -0.281 e. The first-order chi connectivity index (χ1) is 13.4. The van der Waals surface area contributed by atoms with Crippen molar-refractivity contribution in [1.29, 1.82) is 0 Å². The summed E-state index contributed by atoms with van der Waals surface area (Å²) in [4.78, 5) is 41.1. The number of carbonyl (C=O) groups excluding carboxylic acids is 3. The fourth-order valence-corrected chi connectivity index (χ4v) is 4.59. The number of para-hydroxylation sites is 1. The van der Waals surface area contributed by atoms with Crippen LogP contribution in [0.5, 0.6) is 0 Å². The normalized spacial score (nSPS) is 25.1. The Morgan fingerprint density at radius 1 is 0.929 bits per heavy atom. The van der Waals surface area contributed by atoms with Crippen molar-refractivity contribution in [2.24, 2.45) is 5.41 Å².